The van der Waals surface area contributed by atoms with Crippen molar-refractivity contribution < 1.29 is 9.53 Å². The van der Waals surface area contributed by atoms with Gasteiger partial charge in [-0.2, -0.15) is 0 Å². The number of urea groups is 1. The highest BCUT2D eigenvalue weighted by atomic mass is 16.5. The second-order valence-electron chi connectivity index (χ2n) is 5.25. The first-order valence-electron chi connectivity index (χ1n) is 7.35. The average molecular weight is 293 g/mol. The van der Waals surface area contributed by atoms with Crippen LogP contribution < -0.4 is 10.6 Å². The summed E-state index contributed by atoms with van der Waals surface area (Å²) in [4.78, 5) is 13.8. The Morgan fingerprint density at radius 2 is 2.10 bits per heavy atom. The van der Waals surface area contributed by atoms with Crippen LogP contribution in [0.15, 0.2) is 24.3 Å². The van der Waals surface area contributed by atoms with Crippen molar-refractivity contribution in [3.05, 3.63) is 29.8 Å². The summed E-state index contributed by atoms with van der Waals surface area (Å²) < 4.78 is 5.07. The molecular weight excluding hydrogens is 266 g/mol. The van der Waals surface area contributed by atoms with Gasteiger partial charge in [0.15, 0.2) is 0 Å². The number of methoxy groups -OCH3 is 1. The summed E-state index contributed by atoms with van der Waals surface area (Å²) in [6, 6.07) is 8.07. The van der Waals surface area contributed by atoms with E-state index >= 15 is 0 Å². The maximum Gasteiger partial charge on any atom is 0.321 e. The number of benzene rings is 1. The van der Waals surface area contributed by atoms with Crippen molar-refractivity contribution in [1.29, 1.82) is 0 Å². The number of rotatable bonds is 7. The minimum Gasteiger partial charge on any atom is -0.383 e. The molecular formula is C16H27N3O2. The molecule has 2 N–H and O–H groups in total. The Labute approximate surface area is 127 Å². The van der Waals surface area contributed by atoms with Gasteiger partial charge in [-0.1, -0.05) is 19.1 Å². The first-order chi connectivity index (χ1) is 9.99. The molecule has 0 saturated heterocycles. The predicted octanol–water partition coefficient (Wildman–Crippen LogP) is 2.86. The van der Waals surface area contributed by atoms with Crippen LogP contribution in [0.25, 0.3) is 0 Å². The molecule has 2 amide bonds. The molecule has 0 aliphatic rings. The van der Waals surface area contributed by atoms with Crippen LogP contribution in [-0.2, 0) is 4.74 Å². The highest BCUT2D eigenvalue weighted by Crippen LogP contribution is 2.17. The van der Waals surface area contributed by atoms with E-state index in [2.05, 4.69) is 30.5 Å². The maximum atomic E-state index is 12.2. The molecule has 2 atom stereocenters. The standard InChI is InChI=1S/C16H27N3O2/c1-6-17-13(3)14-8-7-9-15(10-14)18-16(20)19(4)12(2)11-21-5/h7-10,12-13,17H,6,11H2,1-5H3,(H,18,20). The summed E-state index contributed by atoms with van der Waals surface area (Å²) in [5.74, 6) is 0. The summed E-state index contributed by atoms with van der Waals surface area (Å²) in [6.45, 7) is 7.56. The van der Waals surface area contributed by atoms with E-state index in [4.69, 9.17) is 4.74 Å². The lowest BCUT2D eigenvalue weighted by Gasteiger charge is -2.24. The SMILES string of the molecule is CCNC(C)c1cccc(NC(=O)N(C)C(C)COC)c1. The Bertz CT molecular complexity index is 451. The highest BCUT2D eigenvalue weighted by Gasteiger charge is 2.15. The van der Waals surface area contributed by atoms with Crippen LogP contribution in [0.2, 0.25) is 0 Å². The molecule has 1 aromatic carbocycles. The van der Waals surface area contributed by atoms with E-state index in [1.807, 2.05) is 25.1 Å². The van der Waals surface area contributed by atoms with Gasteiger partial charge in [0.25, 0.3) is 0 Å². The lowest BCUT2D eigenvalue weighted by atomic mass is 10.1. The van der Waals surface area contributed by atoms with Crippen molar-refractivity contribution in [2.75, 3.05) is 32.6 Å². The van der Waals surface area contributed by atoms with Crippen LogP contribution in [0.4, 0.5) is 10.5 Å². The molecule has 2 unspecified atom stereocenters. The highest BCUT2D eigenvalue weighted by molar-refractivity contribution is 5.89. The number of nitrogens with zero attached hydrogens (tertiary/aromatic N) is 1. The molecule has 0 bridgehead atoms. The van der Waals surface area contributed by atoms with Crippen molar-refractivity contribution in [2.45, 2.75) is 32.9 Å². The van der Waals surface area contributed by atoms with Gasteiger partial charge in [0, 0.05) is 25.9 Å². The van der Waals surface area contributed by atoms with Crippen LogP contribution in [0, 0.1) is 0 Å². The lowest BCUT2D eigenvalue weighted by molar-refractivity contribution is 0.128. The van der Waals surface area contributed by atoms with E-state index in [0.717, 1.165) is 17.8 Å². The summed E-state index contributed by atoms with van der Waals surface area (Å²) in [7, 11) is 3.40. The van der Waals surface area contributed by atoms with Gasteiger partial charge in [-0.3, -0.25) is 0 Å². The third-order valence-electron chi connectivity index (χ3n) is 3.54. The van der Waals surface area contributed by atoms with Crippen molar-refractivity contribution in [1.82, 2.24) is 10.2 Å². The number of carbonyl (C=O) groups is 1. The second-order valence-corrected chi connectivity index (χ2v) is 5.25. The predicted molar refractivity (Wildman–Crippen MR) is 86.7 cm³/mol. The fourth-order valence-electron chi connectivity index (χ4n) is 2.07. The van der Waals surface area contributed by atoms with Gasteiger partial charge in [0.1, 0.15) is 0 Å². The largest absolute Gasteiger partial charge is 0.383 e. The van der Waals surface area contributed by atoms with Gasteiger partial charge < -0.3 is 20.3 Å². The van der Waals surface area contributed by atoms with E-state index in [0.29, 0.717) is 6.61 Å². The van der Waals surface area contributed by atoms with Gasteiger partial charge in [-0.05, 0) is 38.1 Å². The number of hydrogen-bond donors (Lipinski definition) is 2. The number of likely N-dealkylation sites (N-methyl/N-ethyl adjacent to an activating group) is 1. The zero-order chi connectivity index (χ0) is 15.8. The fourth-order valence-corrected chi connectivity index (χ4v) is 2.07. The van der Waals surface area contributed by atoms with E-state index in [-0.39, 0.29) is 18.1 Å². The molecule has 0 aliphatic heterocycles. The van der Waals surface area contributed by atoms with Crippen molar-refractivity contribution in [3.8, 4) is 0 Å². The van der Waals surface area contributed by atoms with Gasteiger partial charge in [-0.25, -0.2) is 4.79 Å². The molecule has 0 fully saturated rings. The fraction of sp³-hybridized carbons (Fsp3) is 0.562. The molecule has 1 rings (SSSR count). The summed E-state index contributed by atoms with van der Waals surface area (Å²) in [5.41, 5.74) is 1.96. The van der Waals surface area contributed by atoms with Gasteiger partial charge in [0.05, 0.1) is 12.6 Å². The lowest BCUT2D eigenvalue weighted by Crippen LogP contribution is -2.40. The molecule has 5 heteroatoms. The van der Waals surface area contributed by atoms with Crippen LogP contribution in [0.5, 0.6) is 0 Å². The van der Waals surface area contributed by atoms with Gasteiger partial charge in [-0.15, -0.1) is 0 Å². The third-order valence-corrected chi connectivity index (χ3v) is 3.54. The first kappa shape index (κ1) is 17.5. The topological polar surface area (TPSA) is 53.6 Å². The van der Waals surface area contributed by atoms with Crippen molar-refractivity contribution in [3.63, 3.8) is 0 Å². The van der Waals surface area contributed by atoms with Crippen LogP contribution >= 0.6 is 0 Å². The Morgan fingerprint density at radius 3 is 2.71 bits per heavy atom. The molecule has 0 radical (unpaired) electrons. The number of carbonyl (C=O) groups excluding carboxylic acids is 1. The minimum atomic E-state index is -0.132. The molecule has 0 spiro atoms. The van der Waals surface area contributed by atoms with Crippen molar-refractivity contribution in [2.24, 2.45) is 0 Å². The molecule has 1 aromatic rings. The number of anilines is 1. The number of ether oxygens (including phenoxy) is 1. The number of amides is 2. The van der Waals surface area contributed by atoms with E-state index < -0.39 is 0 Å². The Kier molecular flexibility index (Phi) is 7.19. The van der Waals surface area contributed by atoms with Gasteiger partial charge >= 0.3 is 6.03 Å². The Hall–Kier alpha value is -1.59. The van der Waals surface area contributed by atoms with E-state index in [1.54, 1.807) is 19.1 Å². The number of hydrogen-bond acceptors (Lipinski definition) is 3. The van der Waals surface area contributed by atoms with Crippen LogP contribution in [0.1, 0.15) is 32.4 Å². The second kappa shape index (κ2) is 8.64. The molecule has 0 aromatic heterocycles. The minimum absolute atomic E-state index is 0.0267. The monoisotopic (exact) mass is 293 g/mol. The average Bonchev–Trinajstić information content (AvgIpc) is 2.47. The molecule has 5 nitrogen and oxygen atoms in total. The van der Waals surface area contributed by atoms with Crippen LogP contribution in [0.3, 0.4) is 0 Å². The van der Waals surface area contributed by atoms with Gasteiger partial charge in [0.2, 0.25) is 0 Å². The normalized spacial score (nSPS) is 13.6. The zero-order valence-corrected chi connectivity index (χ0v) is 13.6. The molecule has 0 saturated carbocycles. The smallest absolute Gasteiger partial charge is 0.321 e. The first-order valence-corrected chi connectivity index (χ1v) is 7.35. The van der Waals surface area contributed by atoms with E-state index in [9.17, 15) is 4.79 Å². The quantitative estimate of drug-likeness (QED) is 0.813. The number of nitrogens with one attached hydrogen (secondary N) is 2. The summed E-state index contributed by atoms with van der Waals surface area (Å²) in [5, 5.41) is 6.28. The summed E-state index contributed by atoms with van der Waals surface area (Å²) in [6.07, 6.45) is 0. The molecule has 0 heterocycles. The maximum absolute atomic E-state index is 12.2. The summed E-state index contributed by atoms with van der Waals surface area (Å²) >= 11 is 0. The Morgan fingerprint density at radius 1 is 1.38 bits per heavy atom. The van der Waals surface area contributed by atoms with E-state index in [1.165, 1.54) is 0 Å². The molecule has 21 heavy (non-hydrogen) atoms. The van der Waals surface area contributed by atoms with Crippen molar-refractivity contribution >= 4 is 11.7 Å². The van der Waals surface area contributed by atoms with Crippen LogP contribution in [-0.4, -0.2) is 44.3 Å². The zero-order valence-electron chi connectivity index (χ0n) is 13.6. The molecule has 0 aliphatic carbocycles. The third kappa shape index (κ3) is 5.36. The molecule has 118 valence electrons. The Balaban J connectivity index is 2.70.